The molecule has 2 aromatic heterocycles. The number of nitrogens with one attached hydrogen (secondary N) is 1. The van der Waals surface area contributed by atoms with Crippen LogP contribution in [0, 0.1) is 0 Å². The third-order valence-corrected chi connectivity index (χ3v) is 5.47. The van der Waals surface area contributed by atoms with E-state index in [2.05, 4.69) is 9.36 Å². The standard InChI is InChI=1S/C18H18N4O3S/c23-16-14-13(15(26-20-14)17(24)21-9-5-2-6-10-21)19-18(25)22(16)11-12-7-3-1-4-8-12/h1,3-4,7-8H,2,5-6,9-11H2,(H,19,25). The maximum atomic E-state index is 12.7. The molecule has 8 heteroatoms. The van der Waals surface area contributed by atoms with Crippen LogP contribution < -0.4 is 11.2 Å². The van der Waals surface area contributed by atoms with Gasteiger partial charge >= 0.3 is 5.69 Å². The van der Waals surface area contributed by atoms with Crippen LogP contribution in [-0.4, -0.2) is 37.8 Å². The number of H-pyrrole nitrogens is 1. The number of aromatic nitrogens is 3. The molecule has 0 unspecified atom stereocenters. The normalized spacial score (nSPS) is 14.7. The van der Waals surface area contributed by atoms with Gasteiger partial charge in [-0.1, -0.05) is 30.3 Å². The summed E-state index contributed by atoms with van der Waals surface area (Å²) in [5.74, 6) is -0.159. The molecule has 1 aromatic carbocycles. The van der Waals surface area contributed by atoms with Crippen molar-refractivity contribution in [2.75, 3.05) is 13.1 Å². The Bertz CT molecular complexity index is 1060. The average Bonchev–Trinajstić information content (AvgIpc) is 3.10. The highest BCUT2D eigenvalue weighted by Crippen LogP contribution is 2.21. The monoisotopic (exact) mass is 370 g/mol. The minimum atomic E-state index is -0.528. The van der Waals surface area contributed by atoms with Crippen molar-refractivity contribution in [1.82, 2.24) is 18.8 Å². The van der Waals surface area contributed by atoms with Crippen molar-refractivity contribution in [3.05, 3.63) is 61.6 Å². The van der Waals surface area contributed by atoms with E-state index < -0.39 is 11.2 Å². The van der Waals surface area contributed by atoms with Gasteiger partial charge < -0.3 is 9.88 Å². The second-order valence-corrected chi connectivity index (χ2v) is 7.17. The minimum absolute atomic E-state index is 0.144. The third kappa shape index (κ3) is 2.96. The summed E-state index contributed by atoms with van der Waals surface area (Å²) in [6, 6.07) is 9.28. The summed E-state index contributed by atoms with van der Waals surface area (Å²) in [7, 11) is 0. The fraction of sp³-hybridized carbons (Fsp3) is 0.333. The molecule has 134 valence electrons. The van der Waals surface area contributed by atoms with Gasteiger partial charge in [-0.15, -0.1) is 0 Å². The van der Waals surface area contributed by atoms with E-state index in [-0.39, 0.29) is 23.5 Å². The SMILES string of the molecule is O=C(c1snc2c(=O)n(Cc3ccccc3)c(=O)[nH]c12)N1CCCCC1. The molecule has 0 bridgehead atoms. The van der Waals surface area contributed by atoms with Crippen LogP contribution >= 0.6 is 11.5 Å². The molecule has 0 aliphatic carbocycles. The van der Waals surface area contributed by atoms with E-state index in [0.717, 1.165) is 40.9 Å². The van der Waals surface area contributed by atoms with Gasteiger partial charge in [0.2, 0.25) is 0 Å². The number of hydrogen-bond acceptors (Lipinski definition) is 5. The molecule has 1 aliphatic heterocycles. The molecule has 0 saturated carbocycles. The van der Waals surface area contributed by atoms with Gasteiger partial charge in [-0.25, -0.2) is 4.79 Å². The van der Waals surface area contributed by atoms with Crippen LogP contribution in [0.15, 0.2) is 39.9 Å². The van der Waals surface area contributed by atoms with Crippen LogP contribution in [-0.2, 0) is 6.54 Å². The molecule has 1 N–H and O–H groups in total. The van der Waals surface area contributed by atoms with Crippen molar-refractivity contribution < 1.29 is 4.79 Å². The predicted octanol–water partition coefficient (Wildman–Crippen LogP) is 1.82. The maximum Gasteiger partial charge on any atom is 0.329 e. The van der Waals surface area contributed by atoms with E-state index in [9.17, 15) is 14.4 Å². The number of likely N-dealkylation sites (tertiary alicyclic amines) is 1. The number of nitrogens with zero attached hydrogens (tertiary/aromatic N) is 3. The van der Waals surface area contributed by atoms with Gasteiger partial charge in [-0.3, -0.25) is 14.2 Å². The Labute approximate surface area is 153 Å². The van der Waals surface area contributed by atoms with Crippen molar-refractivity contribution in [3.63, 3.8) is 0 Å². The van der Waals surface area contributed by atoms with Crippen LogP contribution in [0.25, 0.3) is 11.0 Å². The van der Waals surface area contributed by atoms with Crippen LogP contribution in [0.1, 0.15) is 34.5 Å². The molecule has 1 saturated heterocycles. The van der Waals surface area contributed by atoms with Crippen LogP contribution in [0.3, 0.4) is 0 Å². The lowest BCUT2D eigenvalue weighted by atomic mass is 10.1. The molecule has 1 amide bonds. The summed E-state index contributed by atoms with van der Waals surface area (Å²) in [5.41, 5.74) is 0.246. The van der Waals surface area contributed by atoms with E-state index in [1.807, 2.05) is 30.3 Å². The Morgan fingerprint density at radius 1 is 1.12 bits per heavy atom. The number of hydrogen-bond donors (Lipinski definition) is 1. The van der Waals surface area contributed by atoms with Gasteiger partial charge in [0.05, 0.1) is 12.1 Å². The molecule has 4 rings (SSSR count). The second-order valence-electron chi connectivity index (χ2n) is 6.40. The van der Waals surface area contributed by atoms with Gasteiger partial charge in [-0.05, 0) is 36.4 Å². The summed E-state index contributed by atoms with van der Waals surface area (Å²) in [4.78, 5) is 42.7. The molecule has 0 spiro atoms. The number of carbonyl (C=O) groups excluding carboxylic acids is 1. The molecule has 1 aliphatic rings. The van der Waals surface area contributed by atoms with Gasteiger partial charge in [0.1, 0.15) is 4.88 Å². The fourth-order valence-corrected chi connectivity index (χ4v) is 4.04. The number of aromatic amines is 1. The van der Waals surface area contributed by atoms with Crippen molar-refractivity contribution >= 4 is 28.5 Å². The van der Waals surface area contributed by atoms with Crippen molar-refractivity contribution in [2.24, 2.45) is 0 Å². The van der Waals surface area contributed by atoms with Crippen LogP contribution in [0.4, 0.5) is 0 Å². The Hall–Kier alpha value is -2.74. The highest BCUT2D eigenvalue weighted by molar-refractivity contribution is 7.09. The number of amides is 1. The van der Waals surface area contributed by atoms with Crippen LogP contribution in [0.2, 0.25) is 0 Å². The van der Waals surface area contributed by atoms with Crippen LogP contribution in [0.5, 0.6) is 0 Å². The van der Waals surface area contributed by atoms with Crippen molar-refractivity contribution in [3.8, 4) is 0 Å². The number of benzene rings is 1. The number of fused-ring (bicyclic) bond motifs is 1. The van der Waals surface area contributed by atoms with E-state index in [4.69, 9.17) is 0 Å². The molecular formula is C18H18N4O3S. The summed E-state index contributed by atoms with van der Waals surface area (Å²) in [5, 5.41) is 0. The van der Waals surface area contributed by atoms with Crippen molar-refractivity contribution in [2.45, 2.75) is 25.8 Å². The first-order valence-electron chi connectivity index (χ1n) is 8.61. The molecule has 3 aromatic rings. The molecule has 7 nitrogen and oxygen atoms in total. The molecular weight excluding hydrogens is 352 g/mol. The summed E-state index contributed by atoms with van der Waals surface area (Å²) < 4.78 is 5.29. The molecule has 26 heavy (non-hydrogen) atoms. The summed E-state index contributed by atoms with van der Waals surface area (Å²) in [6.07, 6.45) is 3.07. The minimum Gasteiger partial charge on any atom is -0.338 e. The first-order valence-corrected chi connectivity index (χ1v) is 9.38. The maximum absolute atomic E-state index is 12.7. The third-order valence-electron chi connectivity index (χ3n) is 4.64. The Balaban J connectivity index is 1.75. The van der Waals surface area contributed by atoms with Gasteiger partial charge in [0.25, 0.3) is 11.5 Å². The first kappa shape index (κ1) is 16.7. The predicted molar refractivity (Wildman–Crippen MR) is 99.8 cm³/mol. The Morgan fingerprint density at radius 2 is 1.85 bits per heavy atom. The van der Waals surface area contributed by atoms with E-state index in [1.54, 1.807) is 4.90 Å². The highest BCUT2D eigenvalue weighted by Gasteiger charge is 2.24. The Morgan fingerprint density at radius 3 is 2.58 bits per heavy atom. The number of carbonyl (C=O) groups is 1. The smallest absolute Gasteiger partial charge is 0.329 e. The van der Waals surface area contributed by atoms with E-state index in [0.29, 0.717) is 18.0 Å². The fourth-order valence-electron chi connectivity index (χ4n) is 3.24. The largest absolute Gasteiger partial charge is 0.338 e. The zero-order valence-corrected chi connectivity index (χ0v) is 14.9. The molecule has 0 radical (unpaired) electrons. The highest BCUT2D eigenvalue weighted by atomic mass is 32.1. The summed E-state index contributed by atoms with van der Waals surface area (Å²) >= 11 is 0.978. The Kier molecular flexibility index (Phi) is 4.42. The van der Waals surface area contributed by atoms with E-state index in [1.165, 1.54) is 0 Å². The zero-order valence-electron chi connectivity index (χ0n) is 14.1. The van der Waals surface area contributed by atoms with Gasteiger partial charge in [0, 0.05) is 13.1 Å². The molecule has 1 fully saturated rings. The second kappa shape index (κ2) is 6.87. The topological polar surface area (TPSA) is 88.1 Å². The quantitative estimate of drug-likeness (QED) is 0.762. The number of piperidine rings is 1. The molecule has 3 heterocycles. The number of rotatable bonds is 3. The van der Waals surface area contributed by atoms with Gasteiger partial charge in [0.15, 0.2) is 5.52 Å². The van der Waals surface area contributed by atoms with E-state index >= 15 is 0 Å². The average molecular weight is 370 g/mol. The summed E-state index contributed by atoms with van der Waals surface area (Å²) in [6.45, 7) is 1.57. The molecule has 0 atom stereocenters. The lowest BCUT2D eigenvalue weighted by Gasteiger charge is -2.26. The van der Waals surface area contributed by atoms with Crippen molar-refractivity contribution in [1.29, 1.82) is 0 Å². The lowest BCUT2D eigenvalue weighted by Crippen LogP contribution is -2.37. The first-order chi connectivity index (χ1) is 12.6. The van der Waals surface area contributed by atoms with Gasteiger partial charge in [-0.2, -0.15) is 4.37 Å². The lowest BCUT2D eigenvalue weighted by molar-refractivity contribution is 0.0731. The zero-order chi connectivity index (χ0) is 18.1.